The van der Waals surface area contributed by atoms with Crippen molar-refractivity contribution in [2.75, 3.05) is 5.32 Å². The zero-order valence-corrected chi connectivity index (χ0v) is 12.1. The number of amides is 1. The second kappa shape index (κ2) is 6.56. The number of aromatic nitrogens is 1. The Balaban J connectivity index is 2.27. The number of nitrogens with two attached hydrogens (primary N) is 1. The normalized spacial score (nSPS) is 17.2. The van der Waals surface area contributed by atoms with Crippen LogP contribution in [0.1, 0.15) is 48.0 Å². The second-order valence-corrected chi connectivity index (χ2v) is 5.57. The molecule has 1 saturated carbocycles. The van der Waals surface area contributed by atoms with E-state index in [2.05, 4.69) is 10.3 Å². The van der Waals surface area contributed by atoms with E-state index in [-0.39, 0.29) is 17.3 Å². The molecule has 0 saturated heterocycles. The highest BCUT2D eigenvalue weighted by molar-refractivity contribution is 5.99. The number of carboxylic acid groups (broad SMARTS) is 1. The molecule has 2 rings (SSSR count). The van der Waals surface area contributed by atoms with Gasteiger partial charge in [0.2, 0.25) is 0 Å². The van der Waals surface area contributed by atoms with Crippen molar-refractivity contribution in [3.8, 4) is 0 Å². The number of pyridine rings is 1. The van der Waals surface area contributed by atoms with Gasteiger partial charge >= 0.3 is 5.97 Å². The Morgan fingerprint density at radius 3 is 2.62 bits per heavy atom. The van der Waals surface area contributed by atoms with Crippen molar-refractivity contribution in [2.45, 2.75) is 45.1 Å². The van der Waals surface area contributed by atoms with Gasteiger partial charge in [0.15, 0.2) is 0 Å². The molecular formula is C15H21N3O3. The molecule has 1 unspecified atom stereocenters. The lowest BCUT2D eigenvalue weighted by atomic mass is 9.84. The Hall–Kier alpha value is -2.11. The number of aliphatic carboxylic acids is 1. The number of carboxylic acids is 1. The molecule has 4 N–H and O–H groups in total. The molecule has 0 aromatic carbocycles. The van der Waals surface area contributed by atoms with Crippen LogP contribution in [0.5, 0.6) is 0 Å². The Bertz CT molecular complexity index is 539. The number of carbonyl (C=O) groups is 2. The maximum atomic E-state index is 11.6. The molecule has 1 atom stereocenters. The van der Waals surface area contributed by atoms with Crippen molar-refractivity contribution >= 4 is 17.7 Å². The van der Waals surface area contributed by atoms with Crippen LogP contribution in [0.3, 0.4) is 0 Å². The van der Waals surface area contributed by atoms with Crippen molar-refractivity contribution in [3.05, 3.63) is 23.4 Å². The minimum atomic E-state index is -0.916. The van der Waals surface area contributed by atoms with Crippen molar-refractivity contribution in [1.29, 1.82) is 0 Å². The van der Waals surface area contributed by atoms with Crippen LogP contribution in [0, 0.1) is 12.8 Å². The summed E-state index contributed by atoms with van der Waals surface area (Å²) in [7, 11) is 0. The molecule has 1 fully saturated rings. The molecule has 1 aliphatic carbocycles. The van der Waals surface area contributed by atoms with E-state index in [1.54, 1.807) is 19.2 Å². The molecule has 114 valence electrons. The van der Waals surface area contributed by atoms with E-state index in [1.807, 2.05) is 0 Å². The van der Waals surface area contributed by atoms with E-state index in [1.165, 1.54) is 0 Å². The van der Waals surface area contributed by atoms with E-state index in [0.29, 0.717) is 5.56 Å². The van der Waals surface area contributed by atoms with Crippen LogP contribution in [0.25, 0.3) is 0 Å². The van der Waals surface area contributed by atoms with Gasteiger partial charge in [-0.3, -0.25) is 4.79 Å². The lowest BCUT2D eigenvalue weighted by molar-refractivity contribution is -0.139. The first-order chi connectivity index (χ1) is 10.0. The average molecular weight is 291 g/mol. The highest BCUT2D eigenvalue weighted by atomic mass is 16.4. The molecule has 0 aliphatic heterocycles. The number of hydrogen-bond donors (Lipinski definition) is 3. The van der Waals surface area contributed by atoms with E-state index in [4.69, 9.17) is 5.73 Å². The molecule has 21 heavy (non-hydrogen) atoms. The van der Waals surface area contributed by atoms with Gasteiger partial charge in [-0.1, -0.05) is 19.3 Å². The van der Waals surface area contributed by atoms with Gasteiger partial charge in [0.1, 0.15) is 11.9 Å². The van der Waals surface area contributed by atoms with Crippen molar-refractivity contribution in [3.63, 3.8) is 0 Å². The fourth-order valence-corrected chi connectivity index (χ4v) is 2.97. The fourth-order valence-electron chi connectivity index (χ4n) is 2.97. The summed E-state index contributed by atoms with van der Waals surface area (Å²) in [5, 5.41) is 12.4. The number of nitrogens with zero attached hydrogens (tertiary/aromatic N) is 1. The highest BCUT2D eigenvalue weighted by Crippen LogP contribution is 2.29. The molecule has 0 spiro atoms. The van der Waals surface area contributed by atoms with Gasteiger partial charge < -0.3 is 16.2 Å². The van der Waals surface area contributed by atoms with Crippen molar-refractivity contribution < 1.29 is 14.7 Å². The Morgan fingerprint density at radius 1 is 1.38 bits per heavy atom. The van der Waals surface area contributed by atoms with Crippen molar-refractivity contribution in [2.24, 2.45) is 11.7 Å². The Kier molecular flexibility index (Phi) is 4.77. The van der Waals surface area contributed by atoms with Crippen LogP contribution in [0.2, 0.25) is 0 Å². The Morgan fingerprint density at radius 2 is 2.05 bits per heavy atom. The Labute approximate surface area is 123 Å². The lowest BCUT2D eigenvalue weighted by Crippen LogP contribution is -2.39. The summed E-state index contributed by atoms with van der Waals surface area (Å²) in [5.74, 6) is -1.20. The number of rotatable bonds is 5. The van der Waals surface area contributed by atoms with E-state index in [0.717, 1.165) is 32.1 Å². The molecule has 6 nitrogen and oxygen atoms in total. The molecule has 0 bridgehead atoms. The van der Waals surface area contributed by atoms with Gasteiger partial charge in [0.25, 0.3) is 5.91 Å². The summed E-state index contributed by atoms with van der Waals surface area (Å²) in [6.07, 6.45) is 6.53. The minimum Gasteiger partial charge on any atom is -0.480 e. The SMILES string of the molecule is Cc1ccnc(NC(C(=O)O)C2CCCCC2)c1C(N)=O. The van der Waals surface area contributed by atoms with Crippen LogP contribution in [-0.2, 0) is 4.79 Å². The zero-order chi connectivity index (χ0) is 15.4. The summed E-state index contributed by atoms with van der Waals surface area (Å²) in [4.78, 5) is 27.2. The smallest absolute Gasteiger partial charge is 0.326 e. The third-order valence-electron chi connectivity index (χ3n) is 4.09. The average Bonchev–Trinajstić information content (AvgIpc) is 2.45. The number of carbonyl (C=O) groups excluding carboxylic acids is 1. The molecule has 1 amide bonds. The van der Waals surface area contributed by atoms with Crippen LogP contribution in [0.15, 0.2) is 12.3 Å². The molecule has 1 aromatic rings. The number of primary amides is 1. The maximum Gasteiger partial charge on any atom is 0.326 e. The first kappa shape index (κ1) is 15.3. The van der Waals surface area contributed by atoms with Crippen LogP contribution in [0.4, 0.5) is 5.82 Å². The predicted molar refractivity (Wildman–Crippen MR) is 79.1 cm³/mol. The van der Waals surface area contributed by atoms with Gasteiger partial charge in [-0.05, 0) is 37.3 Å². The highest BCUT2D eigenvalue weighted by Gasteiger charge is 2.30. The van der Waals surface area contributed by atoms with Crippen molar-refractivity contribution in [1.82, 2.24) is 4.98 Å². The van der Waals surface area contributed by atoms with Gasteiger partial charge in [0, 0.05) is 6.20 Å². The van der Waals surface area contributed by atoms with E-state index >= 15 is 0 Å². The van der Waals surface area contributed by atoms with Crippen LogP contribution < -0.4 is 11.1 Å². The topological polar surface area (TPSA) is 105 Å². The second-order valence-electron chi connectivity index (χ2n) is 5.57. The van der Waals surface area contributed by atoms with Crippen LogP contribution >= 0.6 is 0 Å². The summed E-state index contributed by atoms with van der Waals surface area (Å²) in [6, 6.07) is 0.944. The quantitative estimate of drug-likeness (QED) is 0.768. The number of anilines is 1. The standard InChI is InChI=1S/C15H21N3O3/c1-9-7-8-17-14(11(9)13(16)19)18-12(15(20)21)10-5-3-2-4-6-10/h7-8,10,12H,2-6H2,1H3,(H2,16,19)(H,17,18)(H,20,21). The summed E-state index contributed by atoms with van der Waals surface area (Å²) >= 11 is 0. The first-order valence-electron chi connectivity index (χ1n) is 7.25. The largest absolute Gasteiger partial charge is 0.480 e. The molecule has 1 heterocycles. The molecule has 6 heteroatoms. The zero-order valence-electron chi connectivity index (χ0n) is 12.1. The third kappa shape index (κ3) is 3.51. The van der Waals surface area contributed by atoms with E-state index in [9.17, 15) is 14.7 Å². The third-order valence-corrected chi connectivity index (χ3v) is 4.09. The van der Waals surface area contributed by atoms with Gasteiger partial charge in [-0.15, -0.1) is 0 Å². The number of hydrogen-bond acceptors (Lipinski definition) is 4. The molecule has 1 aliphatic rings. The number of nitrogens with one attached hydrogen (secondary N) is 1. The summed E-state index contributed by atoms with van der Waals surface area (Å²) in [5.41, 5.74) is 6.33. The molecule has 0 radical (unpaired) electrons. The van der Waals surface area contributed by atoms with E-state index < -0.39 is 17.9 Å². The number of aryl methyl sites for hydroxylation is 1. The maximum absolute atomic E-state index is 11.6. The van der Waals surface area contributed by atoms with Gasteiger partial charge in [0.05, 0.1) is 5.56 Å². The molecule has 1 aromatic heterocycles. The van der Waals surface area contributed by atoms with Gasteiger partial charge in [-0.25, -0.2) is 9.78 Å². The summed E-state index contributed by atoms with van der Waals surface area (Å²) in [6.45, 7) is 1.75. The predicted octanol–water partition coefficient (Wildman–Crippen LogP) is 1.93. The monoisotopic (exact) mass is 291 g/mol. The first-order valence-corrected chi connectivity index (χ1v) is 7.25. The van der Waals surface area contributed by atoms with Gasteiger partial charge in [-0.2, -0.15) is 0 Å². The minimum absolute atomic E-state index is 0.0549. The lowest BCUT2D eigenvalue weighted by Gasteiger charge is -2.28. The van der Waals surface area contributed by atoms with Crippen LogP contribution in [-0.4, -0.2) is 28.0 Å². The summed E-state index contributed by atoms with van der Waals surface area (Å²) < 4.78 is 0. The molecular weight excluding hydrogens is 270 g/mol. The fraction of sp³-hybridized carbons (Fsp3) is 0.533.